The Balaban J connectivity index is 3.06. The van der Waals surface area contributed by atoms with Crippen molar-refractivity contribution >= 4 is 28.0 Å². The Bertz CT molecular complexity index is 336. The number of benzene rings is 1. The van der Waals surface area contributed by atoms with Crippen molar-refractivity contribution in [2.24, 2.45) is 0 Å². The second kappa shape index (κ2) is 4.23. The van der Waals surface area contributed by atoms with Crippen molar-refractivity contribution < 1.29 is 9.90 Å². The quantitative estimate of drug-likeness (QED) is 0.808. The van der Waals surface area contributed by atoms with Crippen LogP contribution in [-0.4, -0.2) is 11.1 Å². The van der Waals surface area contributed by atoms with Crippen molar-refractivity contribution in [3.05, 3.63) is 39.9 Å². The molecule has 0 aliphatic carbocycles. The van der Waals surface area contributed by atoms with Crippen LogP contribution in [0.1, 0.15) is 11.1 Å². The molecule has 13 heavy (non-hydrogen) atoms. The number of hydrogen-bond acceptors (Lipinski definition) is 1. The van der Waals surface area contributed by atoms with Crippen LogP contribution in [0.25, 0.3) is 6.08 Å². The summed E-state index contributed by atoms with van der Waals surface area (Å²) in [6.45, 7) is 1.94. The number of carboxylic acids is 1. The molecule has 2 nitrogen and oxygen atoms in total. The zero-order valence-electron chi connectivity index (χ0n) is 7.12. The Morgan fingerprint density at radius 1 is 1.54 bits per heavy atom. The monoisotopic (exact) mass is 240 g/mol. The van der Waals surface area contributed by atoms with Gasteiger partial charge in [-0.1, -0.05) is 28.1 Å². The van der Waals surface area contributed by atoms with Crippen molar-refractivity contribution in [1.29, 1.82) is 0 Å². The zero-order chi connectivity index (χ0) is 9.84. The molecule has 0 saturated heterocycles. The third-order valence-electron chi connectivity index (χ3n) is 1.66. The SMILES string of the molecule is Cc1cccc(Br)c1C=CC(=O)O. The lowest BCUT2D eigenvalue weighted by Gasteiger charge is -2.01. The average molecular weight is 241 g/mol. The fourth-order valence-corrected chi connectivity index (χ4v) is 1.61. The number of halogens is 1. The molecule has 0 unspecified atom stereocenters. The van der Waals surface area contributed by atoms with Gasteiger partial charge in [0.15, 0.2) is 0 Å². The van der Waals surface area contributed by atoms with Crippen LogP contribution < -0.4 is 0 Å². The van der Waals surface area contributed by atoms with Gasteiger partial charge in [0, 0.05) is 10.5 Å². The zero-order valence-corrected chi connectivity index (χ0v) is 8.71. The Morgan fingerprint density at radius 2 is 2.23 bits per heavy atom. The van der Waals surface area contributed by atoms with E-state index in [0.29, 0.717) is 0 Å². The van der Waals surface area contributed by atoms with Gasteiger partial charge in [-0.15, -0.1) is 0 Å². The maximum Gasteiger partial charge on any atom is 0.328 e. The summed E-state index contributed by atoms with van der Waals surface area (Å²) in [5, 5.41) is 8.45. The molecule has 1 aromatic rings. The summed E-state index contributed by atoms with van der Waals surface area (Å²) >= 11 is 3.35. The first-order valence-electron chi connectivity index (χ1n) is 3.77. The third kappa shape index (κ3) is 2.70. The molecule has 0 atom stereocenters. The van der Waals surface area contributed by atoms with E-state index >= 15 is 0 Å². The molecule has 0 aliphatic heterocycles. The summed E-state index contributed by atoms with van der Waals surface area (Å²) in [7, 11) is 0. The Hall–Kier alpha value is -1.09. The van der Waals surface area contributed by atoms with Crippen LogP contribution in [-0.2, 0) is 4.79 Å². The van der Waals surface area contributed by atoms with Gasteiger partial charge in [0.2, 0.25) is 0 Å². The number of aliphatic carboxylic acids is 1. The van der Waals surface area contributed by atoms with Gasteiger partial charge in [0.25, 0.3) is 0 Å². The van der Waals surface area contributed by atoms with E-state index in [0.717, 1.165) is 21.7 Å². The van der Waals surface area contributed by atoms with Crippen LogP contribution in [0.5, 0.6) is 0 Å². The fraction of sp³-hybridized carbons (Fsp3) is 0.100. The summed E-state index contributed by atoms with van der Waals surface area (Å²) in [5.41, 5.74) is 1.96. The van der Waals surface area contributed by atoms with Crippen molar-refractivity contribution in [2.45, 2.75) is 6.92 Å². The van der Waals surface area contributed by atoms with E-state index < -0.39 is 5.97 Å². The van der Waals surface area contributed by atoms with Crippen molar-refractivity contribution in [3.63, 3.8) is 0 Å². The van der Waals surface area contributed by atoms with E-state index in [9.17, 15) is 4.79 Å². The van der Waals surface area contributed by atoms with Crippen LogP contribution >= 0.6 is 15.9 Å². The summed E-state index contributed by atoms with van der Waals surface area (Å²) in [5.74, 6) is -0.935. The van der Waals surface area contributed by atoms with Gasteiger partial charge in [-0.05, 0) is 30.2 Å². The van der Waals surface area contributed by atoms with E-state index in [1.54, 1.807) is 6.08 Å². The van der Waals surface area contributed by atoms with E-state index in [2.05, 4.69) is 15.9 Å². The standard InChI is InChI=1S/C10H9BrO2/c1-7-3-2-4-9(11)8(7)5-6-10(12)13/h2-6H,1H3,(H,12,13). The minimum absolute atomic E-state index is 0.907. The van der Waals surface area contributed by atoms with E-state index in [1.165, 1.54) is 0 Å². The molecule has 0 bridgehead atoms. The summed E-state index contributed by atoms with van der Waals surface area (Å²) in [4.78, 5) is 10.3. The molecule has 0 fully saturated rings. The molecule has 0 aromatic heterocycles. The summed E-state index contributed by atoms with van der Waals surface area (Å²) in [6, 6.07) is 5.73. The van der Waals surface area contributed by atoms with Gasteiger partial charge in [-0.2, -0.15) is 0 Å². The third-order valence-corrected chi connectivity index (χ3v) is 2.35. The maximum absolute atomic E-state index is 10.3. The average Bonchev–Trinajstić information content (AvgIpc) is 2.03. The van der Waals surface area contributed by atoms with Crippen LogP contribution in [0.2, 0.25) is 0 Å². The highest BCUT2D eigenvalue weighted by Crippen LogP contribution is 2.21. The largest absolute Gasteiger partial charge is 0.478 e. The van der Waals surface area contributed by atoms with E-state index in [1.807, 2.05) is 25.1 Å². The molecule has 3 heteroatoms. The summed E-state index contributed by atoms with van der Waals surface area (Å²) < 4.78 is 0.907. The Kier molecular flexibility index (Phi) is 3.25. The lowest BCUT2D eigenvalue weighted by molar-refractivity contribution is -0.131. The van der Waals surface area contributed by atoms with Gasteiger partial charge >= 0.3 is 5.97 Å². The molecule has 1 aromatic carbocycles. The number of hydrogen-bond donors (Lipinski definition) is 1. The Labute approximate surface area is 85.0 Å². The summed E-state index contributed by atoms with van der Waals surface area (Å²) in [6.07, 6.45) is 2.72. The maximum atomic E-state index is 10.3. The van der Waals surface area contributed by atoms with Crippen molar-refractivity contribution in [3.8, 4) is 0 Å². The Morgan fingerprint density at radius 3 is 2.77 bits per heavy atom. The van der Waals surface area contributed by atoms with E-state index in [-0.39, 0.29) is 0 Å². The second-order valence-corrected chi connectivity index (χ2v) is 3.50. The lowest BCUT2D eigenvalue weighted by atomic mass is 10.1. The van der Waals surface area contributed by atoms with Crippen molar-refractivity contribution in [1.82, 2.24) is 0 Å². The van der Waals surface area contributed by atoms with Gasteiger partial charge < -0.3 is 5.11 Å². The van der Waals surface area contributed by atoms with Crippen LogP contribution in [0, 0.1) is 6.92 Å². The van der Waals surface area contributed by atoms with Gasteiger partial charge in [0.05, 0.1) is 0 Å². The highest BCUT2D eigenvalue weighted by atomic mass is 79.9. The highest BCUT2D eigenvalue weighted by molar-refractivity contribution is 9.10. The number of carbonyl (C=O) groups is 1. The molecule has 0 aliphatic rings. The first-order valence-corrected chi connectivity index (χ1v) is 4.56. The predicted molar refractivity (Wildman–Crippen MR) is 55.5 cm³/mol. The molecule has 0 saturated carbocycles. The second-order valence-electron chi connectivity index (χ2n) is 2.64. The molecule has 1 rings (SSSR count). The number of rotatable bonds is 2. The van der Waals surface area contributed by atoms with Gasteiger partial charge in [-0.3, -0.25) is 0 Å². The van der Waals surface area contributed by atoms with E-state index in [4.69, 9.17) is 5.11 Å². The smallest absolute Gasteiger partial charge is 0.328 e. The topological polar surface area (TPSA) is 37.3 Å². The molecule has 0 amide bonds. The molecular formula is C10H9BrO2. The number of carboxylic acid groups (broad SMARTS) is 1. The van der Waals surface area contributed by atoms with Gasteiger partial charge in [-0.25, -0.2) is 4.79 Å². The molecule has 0 spiro atoms. The number of aryl methyl sites for hydroxylation is 1. The lowest BCUT2D eigenvalue weighted by Crippen LogP contribution is -1.87. The molecular weight excluding hydrogens is 232 g/mol. The fourth-order valence-electron chi connectivity index (χ4n) is 1.01. The van der Waals surface area contributed by atoms with Crippen LogP contribution in [0.15, 0.2) is 28.7 Å². The molecule has 0 heterocycles. The van der Waals surface area contributed by atoms with Gasteiger partial charge in [0.1, 0.15) is 0 Å². The highest BCUT2D eigenvalue weighted by Gasteiger charge is 1.99. The van der Waals surface area contributed by atoms with Crippen LogP contribution in [0.4, 0.5) is 0 Å². The minimum Gasteiger partial charge on any atom is -0.478 e. The van der Waals surface area contributed by atoms with Crippen molar-refractivity contribution in [2.75, 3.05) is 0 Å². The first-order chi connectivity index (χ1) is 6.11. The first kappa shape index (κ1) is 9.99. The minimum atomic E-state index is -0.935. The normalized spacial score (nSPS) is 10.6. The molecule has 1 N–H and O–H groups in total. The predicted octanol–water partition coefficient (Wildman–Crippen LogP) is 2.86. The molecule has 0 radical (unpaired) electrons. The van der Waals surface area contributed by atoms with Crippen LogP contribution in [0.3, 0.4) is 0 Å². The molecule has 68 valence electrons.